The molecule has 0 aliphatic carbocycles. The Morgan fingerprint density at radius 2 is 2.00 bits per heavy atom. The number of carbonyl (C=O) groups excluding carboxylic acids is 1. The first-order valence-electron chi connectivity index (χ1n) is 2.89. The number of halogens is 3. The molecule has 0 aliphatic heterocycles. The van der Waals surface area contributed by atoms with Gasteiger partial charge in [-0.1, -0.05) is 0 Å². The van der Waals surface area contributed by atoms with Crippen LogP contribution < -0.4 is 5.73 Å². The maximum Gasteiger partial charge on any atom is 0.406 e. The number of rotatable bonds is 2. The van der Waals surface area contributed by atoms with Crippen LogP contribution in [0.3, 0.4) is 0 Å². The smallest absolute Gasteiger partial charge is 0.406 e. The molecule has 0 spiro atoms. The van der Waals surface area contributed by atoms with E-state index in [-0.39, 0.29) is 0 Å². The van der Waals surface area contributed by atoms with Crippen molar-refractivity contribution in [2.24, 2.45) is 5.73 Å². The highest BCUT2D eigenvalue weighted by Crippen LogP contribution is 2.20. The van der Waals surface area contributed by atoms with E-state index in [1.54, 1.807) is 0 Å². The largest absolute Gasteiger partial charge is 0.467 e. The van der Waals surface area contributed by atoms with Crippen molar-refractivity contribution in [3.63, 3.8) is 0 Å². The molecule has 0 radical (unpaired) electrons. The topological polar surface area (TPSA) is 72.5 Å². The van der Waals surface area contributed by atoms with Gasteiger partial charge in [-0.15, -0.1) is 0 Å². The first-order valence-corrected chi connectivity index (χ1v) is 2.89. The molecule has 0 saturated carbocycles. The molecule has 0 fully saturated rings. The maximum absolute atomic E-state index is 11.7. The lowest BCUT2D eigenvalue weighted by Gasteiger charge is -2.18. The van der Waals surface area contributed by atoms with Gasteiger partial charge in [-0.2, -0.15) is 13.2 Å². The van der Waals surface area contributed by atoms with E-state index in [9.17, 15) is 18.0 Å². The third-order valence-electron chi connectivity index (χ3n) is 1.16. The van der Waals surface area contributed by atoms with E-state index in [0.29, 0.717) is 0 Å². The summed E-state index contributed by atoms with van der Waals surface area (Å²) in [5.74, 6) is -1.40. The Labute approximate surface area is 66.1 Å². The monoisotopic (exact) mass is 187 g/mol. The lowest BCUT2D eigenvalue weighted by Crippen LogP contribution is -2.50. The van der Waals surface area contributed by atoms with E-state index in [0.717, 1.165) is 7.11 Å². The number of esters is 1. The van der Waals surface area contributed by atoms with Gasteiger partial charge in [0.2, 0.25) is 0 Å². The van der Waals surface area contributed by atoms with E-state index in [1.165, 1.54) is 0 Å². The quantitative estimate of drug-likeness (QED) is 0.567. The molecule has 0 saturated heterocycles. The summed E-state index contributed by atoms with van der Waals surface area (Å²) in [6, 6.07) is -2.61. The van der Waals surface area contributed by atoms with Crippen LogP contribution in [-0.2, 0) is 9.53 Å². The van der Waals surface area contributed by atoms with Crippen LogP contribution in [0.25, 0.3) is 0 Å². The predicted molar refractivity (Wildman–Crippen MR) is 32.1 cm³/mol. The molecule has 0 unspecified atom stereocenters. The Balaban J connectivity index is 4.29. The van der Waals surface area contributed by atoms with Crippen molar-refractivity contribution in [2.75, 3.05) is 7.11 Å². The predicted octanol–water partition coefficient (Wildman–Crippen LogP) is -0.590. The van der Waals surface area contributed by atoms with Gasteiger partial charge in [0.1, 0.15) is 6.04 Å². The van der Waals surface area contributed by atoms with Crippen molar-refractivity contribution in [3.05, 3.63) is 0 Å². The van der Waals surface area contributed by atoms with E-state index in [1.807, 2.05) is 0 Å². The Bertz CT molecular complexity index is 170. The molecule has 0 aromatic rings. The minimum atomic E-state index is -4.81. The van der Waals surface area contributed by atoms with Gasteiger partial charge in [0, 0.05) is 0 Å². The average molecular weight is 187 g/mol. The first kappa shape index (κ1) is 11.2. The number of hydrogen-bond acceptors (Lipinski definition) is 4. The molecule has 0 heterocycles. The van der Waals surface area contributed by atoms with Crippen molar-refractivity contribution in [1.82, 2.24) is 0 Å². The highest BCUT2D eigenvalue weighted by atomic mass is 19.4. The van der Waals surface area contributed by atoms with Crippen molar-refractivity contribution >= 4 is 5.97 Å². The van der Waals surface area contributed by atoms with Crippen LogP contribution in [0.5, 0.6) is 0 Å². The van der Waals surface area contributed by atoms with Crippen molar-refractivity contribution in [2.45, 2.75) is 18.3 Å². The standard InChI is InChI=1S/C5H8F3NO3/c1-12-4(11)2(10)3(9)5(6,7)8/h2-3,10H,9H2,1H3/t2-,3+/m0/s1. The molecule has 2 atom stereocenters. The summed E-state index contributed by atoms with van der Waals surface area (Å²) in [6.45, 7) is 0. The summed E-state index contributed by atoms with van der Waals surface area (Å²) in [5.41, 5.74) is 4.49. The van der Waals surface area contributed by atoms with Gasteiger partial charge in [-0.3, -0.25) is 0 Å². The molecule has 3 N–H and O–H groups in total. The fourth-order valence-corrected chi connectivity index (χ4v) is 0.446. The van der Waals surface area contributed by atoms with E-state index in [4.69, 9.17) is 5.11 Å². The Morgan fingerprint density at radius 1 is 1.58 bits per heavy atom. The molecule has 0 bridgehead atoms. The van der Waals surface area contributed by atoms with Gasteiger partial charge in [-0.05, 0) is 0 Å². The zero-order chi connectivity index (χ0) is 9.94. The highest BCUT2D eigenvalue weighted by molar-refractivity contribution is 5.75. The number of carbonyl (C=O) groups is 1. The number of ether oxygens (including phenoxy) is 1. The summed E-state index contributed by atoms with van der Waals surface area (Å²) in [6.07, 6.45) is -7.18. The maximum atomic E-state index is 11.7. The van der Waals surface area contributed by atoms with Crippen molar-refractivity contribution in [1.29, 1.82) is 0 Å². The summed E-state index contributed by atoms with van der Waals surface area (Å²) < 4.78 is 39.0. The van der Waals surface area contributed by atoms with Crippen LogP contribution in [0, 0.1) is 0 Å². The molecule has 0 aliphatic rings. The molecule has 0 aromatic carbocycles. The van der Waals surface area contributed by atoms with Gasteiger partial charge in [0.05, 0.1) is 7.11 Å². The average Bonchev–Trinajstić information content (AvgIpc) is 1.98. The lowest BCUT2D eigenvalue weighted by atomic mass is 10.2. The first-order chi connectivity index (χ1) is 5.30. The molecule has 72 valence electrons. The van der Waals surface area contributed by atoms with Gasteiger partial charge >= 0.3 is 12.1 Å². The number of aliphatic hydroxyl groups excluding tert-OH is 1. The molecular weight excluding hydrogens is 179 g/mol. The molecule has 4 nitrogen and oxygen atoms in total. The summed E-state index contributed by atoms with van der Waals surface area (Å²) >= 11 is 0. The van der Waals surface area contributed by atoms with E-state index in [2.05, 4.69) is 10.5 Å². The second-order valence-electron chi connectivity index (χ2n) is 2.04. The van der Waals surface area contributed by atoms with E-state index < -0.39 is 24.3 Å². The van der Waals surface area contributed by atoms with Gasteiger partial charge in [0.15, 0.2) is 6.10 Å². The zero-order valence-electron chi connectivity index (χ0n) is 6.13. The van der Waals surface area contributed by atoms with Crippen LogP contribution in [-0.4, -0.2) is 36.5 Å². The lowest BCUT2D eigenvalue weighted by molar-refractivity contribution is -0.184. The number of alkyl halides is 3. The van der Waals surface area contributed by atoms with Crippen LogP contribution in [0.1, 0.15) is 0 Å². The zero-order valence-corrected chi connectivity index (χ0v) is 6.13. The molecule has 0 rings (SSSR count). The summed E-state index contributed by atoms with van der Waals surface area (Å²) in [4.78, 5) is 10.3. The van der Waals surface area contributed by atoms with Crippen molar-refractivity contribution in [3.8, 4) is 0 Å². The van der Waals surface area contributed by atoms with Gasteiger partial charge in [0.25, 0.3) is 0 Å². The Morgan fingerprint density at radius 3 is 2.25 bits per heavy atom. The van der Waals surface area contributed by atoms with Crippen LogP contribution >= 0.6 is 0 Å². The van der Waals surface area contributed by atoms with Gasteiger partial charge < -0.3 is 15.6 Å². The van der Waals surface area contributed by atoms with E-state index >= 15 is 0 Å². The number of hydrogen-bond donors (Lipinski definition) is 2. The third-order valence-corrected chi connectivity index (χ3v) is 1.16. The molecule has 7 heteroatoms. The second kappa shape index (κ2) is 3.72. The minimum absolute atomic E-state index is 0.856. The Hall–Kier alpha value is -0.820. The van der Waals surface area contributed by atoms with Crippen LogP contribution in [0.4, 0.5) is 13.2 Å². The number of aliphatic hydroxyl groups is 1. The van der Waals surface area contributed by atoms with Crippen LogP contribution in [0.15, 0.2) is 0 Å². The second-order valence-corrected chi connectivity index (χ2v) is 2.04. The van der Waals surface area contributed by atoms with Gasteiger partial charge in [-0.25, -0.2) is 4.79 Å². The number of nitrogens with two attached hydrogens (primary N) is 1. The van der Waals surface area contributed by atoms with Crippen LogP contribution in [0.2, 0.25) is 0 Å². The Kier molecular flexibility index (Phi) is 3.47. The fraction of sp³-hybridized carbons (Fsp3) is 0.800. The minimum Gasteiger partial charge on any atom is -0.467 e. The normalized spacial score (nSPS) is 16.8. The van der Waals surface area contributed by atoms with Crippen molar-refractivity contribution < 1.29 is 27.8 Å². The third kappa shape index (κ3) is 2.67. The molecular formula is C5H8F3NO3. The summed E-state index contributed by atoms with van der Waals surface area (Å²) in [5, 5.41) is 8.60. The summed E-state index contributed by atoms with van der Waals surface area (Å²) in [7, 11) is 0.856. The molecule has 0 aromatic heterocycles. The fourth-order valence-electron chi connectivity index (χ4n) is 0.446. The SMILES string of the molecule is COC(=O)[C@@H](O)[C@@H](N)C(F)(F)F. The number of methoxy groups -OCH3 is 1. The highest BCUT2D eigenvalue weighted by Gasteiger charge is 2.44. The molecule has 0 amide bonds. The molecule has 12 heavy (non-hydrogen) atoms.